The van der Waals surface area contributed by atoms with Gasteiger partial charge >= 0.3 is 0 Å². The molecule has 4 nitrogen and oxygen atoms in total. The molecule has 2 unspecified atom stereocenters. The van der Waals surface area contributed by atoms with Gasteiger partial charge in [0.05, 0.1) is 11.7 Å². The molecule has 0 spiro atoms. The molecule has 0 bridgehead atoms. The second-order valence-corrected chi connectivity index (χ2v) is 5.03. The second kappa shape index (κ2) is 6.67. The Labute approximate surface area is 104 Å². The third kappa shape index (κ3) is 4.06. The maximum absolute atomic E-state index is 5.87. The Bertz CT molecular complexity index is 312. The molecular weight excluding hydrogens is 212 g/mol. The quantitative estimate of drug-likeness (QED) is 0.819. The number of aromatic nitrogens is 2. The Morgan fingerprint density at radius 3 is 2.53 bits per heavy atom. The predicted octanol–water partition coefficient (Wildman–Crippen LogP) is 1.84. The molecule has 0 saturated heterocycles. The smallest absolute Gasteiger partial charge is 0.115 e. The van der Waals surface area contributed by atoms with Crippen LogP contribution in [0.1, 0.15) is 38.9 Å². The molecule has 0 fully saturated rings. The minimum absolute atomic E-state index is 0.173. The number of hydrogen-bond donors (Lipinski definition) is 1. The maximum Gasteiger partial charge on any atom is 0.115 e. The summed E-state index contributed by atoms with van der Waals surface area (Å²) in [6, 6.07) is 2.61. The van der Waals surface area contributed by atoms with Crippen molar-refractivity contribution in [3.63, 3.8) is 0 Å². The van der Waals surface area contributed by atoms with Gasteiger partial charge in [-0.25, -0.2) is 9.97 Å². The topological polar surface area (TPSA) is 55.0 Å². The third-order valence-electron chi connectivity index (χ3n) is 3.17. The van der Waals surface area contributed by atoms with Crippen molar-refractivity contribution in [1.29, 1.82) is 0 Å². The summed E-state index contributed by atoms with van der Waals surface area (Å²) < 4.78 is 0. The highest BCUT2D eigenvalue weighted by atomic mass is 15.2. The monoisotopic (exact) mass is 236 g/mol. The van der Waals surface area contributed by atoms with Gasteiger partial charge in [-0.1, -0.05) is 13.8 Å². The normalized spacial score (nSPS) is 15.2. The molecule has 1 aromatic heterocycles. The number of nitrogens with two attached hydrogens (primary N) is 1. The van der Waals surface area contributed by atoms with Crippen LogP contribution in [0, 0.1) is 5.92 Å². The first-order chi connectivity index (χ1) is 8.06. The van der Waals surface area contributed by atoms with Gasteiger partial charge in [0.1, 0.15) is 6.33 Å². The lowest BCUT2D eigenvalue weighted by molar-refractivity contribution is 0.165. The van der Waals surface area contributed by atoms with Crippen LogP contribution in [0.25, 0.3) is 0 Å². The average Bonchev–Trinajstić information content (AvgIpc) is 2.30. The van der Waals surface area contributed by atoms with Crippen LogP contribution in [-0.2, 0) is 0 Å². The molecule has 0 radical (unpaired) electrons. The van der Waals surface area contributed by atoms with Crippen LogP contribution in [0.15, 0.2) is 18.6 Å². The second-order valence-electron chi connectivity index (χ2n) is 5.03. The molecule has 0 saturated carbocycles. The summed E-state index contributed by atoms with van der Waals surface area (Å²) in [5.41, 5.74) is 6.87. The van der Waals surface area contributed by atoms with Crippen LogP contribution >= 0.6 is 0 Å². The Hall–Kier alpha value is -1.00. The molecule has 2 N–H and O–H groups in total. The van der Waals surface area contributed by atoms with E-state index in [1.807, 2.05) is 6.07 Å². The summed E-state index contributed by atoms with van der Waals surface area (Å²) >= 11 is 0. The van der Waals surface area contributed by atoms with Crippen molar-refractivity contribution in [1.82, 2.24) is 14.9 Å². The molecule has 0 aliphatic heterocycles. The lowest BCUT2D eigenvalue weighted by atomic mass is 10.0. The summed E-state index contributed by atoms with van der Waals surface area (Å²) in [7, 11) is 2.12. The van der Waals surface area contributed by atoms with E-state index in [1.54, 1.807) is 12.5 Å². The molecule has 0 amide bonds. The van der Waals surface area contributed by atoms with Crippen molar-refractivity contribution in [3.8, 4) is 0 Å². The van der Waals surface area contributed by atoms with Crippen molar-refractivity contribution in [2.24, 2.45) is 11.7 Å². The Kier molecular flexibility index (Phi) is 5.51. The first-order valence-electron chi connectivity index (χ1n) is 6.24. The largest absolute Gasteiger partial charge is 0.329 e. The van der Waals surface area contributed by atoms with Crippen molar-refractivity contribution in [2.75, 3.05) is 13.6 Å². The fraction of sp³-hybridized carbons (Fsp3) is 0.692. The molecule has 4 heteroatoms. The van der Waals surface area contributed by atoms with Crippen molar-refractivity contribution >= 4 is 0 Å². The van der Waals surface area contributed by atoms with E-state index in [2.05, 4.69) is 42.7 Å². The van der Waals surface area contributed by atoms with E-state index in [4.69, 9.17) is 5.73 Å². The van der Waals surface area contributed by atoms with E-state index in [9.17, 15) is 0 Å². The standard InChI is InChI=1S/C13H24N4/c1-10(2)7-11(3)17(4)13(8-14)12-5-6-15-9-16-12/h5-6,9-11,13H,7-8,14H2,1-4H3. The average molecular weight is 236 g/mol. The van der Waals surface area contributed by atoms with Gasteiger partial charge in [-0.3, -0.25) is 4.90 Å². The van der Waals surface area contributed by atoms with Crippen LogP contribution in [0.3, 0.4) is 0 Å². The lowest BCUT2D eigenvalue weighted by Gasteiger charge is -2.32. The molecule has 0 aromatic carbocycles. The van der Waals surface area contributed by atoms with Crippen LogP contribution in [0.4, 0.5) is 0 Å². The van der Waals surface area contributed by atoms with E-state index in [-0.39, 0.29) is 6.04 Å². The minimum Gasteiger partial charge on any atom is -0.329 e. The number of likely N-dealkylation sites (N-methyl/N-ethyl adjacent to an activating group) is 1. The Morgan fingerprint density at radius 2 is 2.06 bits per heavy atom. The SMILES string of the molecule is CC(C)CC(C)N(C)C(CN)c1ccncn1. The first kappa shape index (κ1) is 14.1. The zero-order valence-corrected chi connectivity index (χ0v) is 11.3. The van der Waals surface area contributed by atoms with Crippen molar-refractivity contribution in [3.05, 3.63) is 24.3 Å². The van der Waals surface area contributed by atoms with Gasteiger partial charge in [-0.05, 0) is 32.4 Å². The molecule has 1 rings (SSSR count). The van der Waals surface area contributed by atoms with Crippen LogP contribution in [-0.4, -0.2) is 34.5 Å². The maximum atomic E-state index is 5.87. The van der Waals surface area contributed by atoms with Gasteiger partial charge < -0.3 is 5.73 Å². The Balaban J connectivity index is 2.74. The van der Waals surface area contributed by atoms with Crippen LogP contribution < -0.4 is 5.73 Å². The Morgan fingerprint density at radius 1 is 1.35 bits per heavy atom. The number of hydrogen-bond acceptors (Lipinski definition) is 4. The highest BCUT2D eigenvalue weighted by Gasteiger charge is 2.21. The lowest BCUT2D eigenvalue weighted by Crippen LogP contribution is -2.38. The predicted molar refractivity (Wildman–Crippen MR) is 70.5 cm³/mol. The van der Waals surface area contributed by atoms with Gasteiger partial charge in [0, 0.05) is 18.8 Å². The van der Waals surface area contributed by atoms with Crippen LogP contribution in [0.2, 0.25) is 0 Å². The van der Waals surface area contributed by atoms with Crippen LogP contribution in [0.5, 0.6) is 0 Å². The van der Waals surface area contributed by atoms with E-state index in [0.29, 0.717) is 18.5 Å². The molecule has 0 aliphatic rings. The van der Waals surface area contributed by atoms with E-state index in [0.717, 1.165) is 12.1 Å². The molecule has 1 aromatic rings. The van der Waals surface area contributed by atoms with Gasteiger partial charge in [0.15, 0.2) is 0 Å². The van der Waals surface area contributed by atoms with E-state index in [1.165, 1.54) is 0 Å². The summed E-state index contributed by atoms with van der Waals surface area (Å²) in [4.78, 5) is 10.6. The van der Waals surface area contributed by atoms with Gasteiger partial charge in [-0.15, -0.1) is 0 Å². The molecule has 17 heavy (non-hydrogen) atoms. The summed E-state index contributed by atoms with van der Waals surface area (Å²) in [6.07, 6.45) is 4.52. The highest BCUT2D eigenvalue weighted by Crippen LogP contribution is 2.20. The van der Waals surface area contributed by atoms with Gasteiger partial charge in [0.2, 0.25) is 0 Å². The zero-order chi connectivity index (χ0) is 12.8. The highest BCUT2D eigenvalue weighted by molar-refractivity contribution is 5.05. The molecule has 2 atom stereocenters. The van der Waals surface area contributed by atoms with E-state index < -0.39 is 0 Å². The molecular formula is C13H24N4. The minimum atomic E-state index is 0.173. The number of rotatable bonds is 6. The molecule has 1 heterocycles. The van der Waals surface area contributed by atoms with Gasteiger partial charge in [-0.2, -0.15) is 0 Å². The van der Waals surface area contributed by atoms with Crippen molar-refractivity contribution < 1.29 is 0 Å². The third-order valence-corrected chi connectivity index (χ3v) is 3.17. The van der Waals surface area contributed by atoms with Gasteiger partial charge in [0.25, 0.3) is 0 Å². The first-order valence-corrected chi connectivity index (χ1v) is 6.24. The zero-order valence-electron chi connectivity index (χ0n) is 11.3. The summed E-state index contributed by atoms with van der Waals surface area (Å²) in [5.74, 6) is 0.691. The van der Waals surface area contributed by atoms with Crippen molar-refractivity contribution in [2.45, 2.75) is 39.3 Å². The van der Waals surface area contributed by atoms with E-state index >= 15 is 0 Å². The fourth-order valence-corrected chi connectivity index (χ4v) is 2.15. The molecule has 96 valence electrons. The number of nitrogens with zero attached hydrogens (tertiary/aromatic N) is 3. The summed E-state index contributed by atoms with van der Waals surface area (Å²) in [6.45, 7) is 7.30. The summed E-state index contributed by atoms with van der Waals surface area (Å²) in [5, 5.41) is 0. The molecule has 0 aliphatic carbocycles. The fourth-order valence-electron chi connectivity index (χ4n) is 2.15.